The van der Waals surface area contributed by atoms with Crippen molar-refractivity contribution in [1.29, 1.82) is 0 Å². The Morgan fingerprint density at radius 2 is 2.04 bits per heavy atom. The minimum atomic E-state index is -0.132. The van der Waals surface area contributed by atoms with E-state index in [4.69, 9.17) is 4.74 Å². The Hall–Kier alpha value is -1.95. The summed E-state index contributed by atoms with van der Waals surface area (Å²) in [5, 5.41) is 2.56. The predicted molar refractivity (Wildman–Crippen MR) is 98.5 cm³/mol. The quantitative estimate of drug-likeness (QED) is 0.843. The SMILES string of the molecule is CNC(=O)COC[C@@H]1CN(C(=O)C2CCCCC2)C[C@H]1c1ccccn1. The van der Waals surface area contributed by atoms with E-state index in [0.29, 0.717) is 25.6 Å². The van der Waals surface area contributed by atoms with E-state index in [-0.39, 0.29) is 30.3 Å². The number of likely N-dealkylation sites (N-methyl/N-ethyl adjacent to an activating group) is 1. The predicted octanol–water partition coefficient (Wildman–Crippen LogP) is 1.97. The molecule has 0 spiro atoms. The van der Waals surface area contributed by atoms with Gasteiger partial charge in [0.05, 0.1) is 6.61 Å². The summed E-state index contributed by atoms with van der Waals surface area (Å²) in [6.07, 6.45) is 7.39. The number of hydrogen-bond donors (Lipinski definition) is 1. The molecule has 0 aromatic carbocycles. The van der Waals surface area contributed by atoms with Crippen molar-refractivity contribution in [2.24, 2.45) is 11.8 Å². The highest BCUT2D eigenvalue weighted by Crippen LogP contribution is 2.34. The van der Waals surface area contributed by atoms with Gasteiger partial charge in [-0.25, -0.2) is 0 Å². The Morgan fingerprint density at radius 3 is 2.73 bits per heavy atom. The molecule has 1 aliphatic carbocycles. The summed E-state index contributed by atoms with van der Waals surface area (Å²) >= 11 is 0. The maximum atomic E-state index is 13.0. The molecule has 1 aromatic heterocycles. The van der Waals surface area contributed by atoms with Crippen molar-refractivity contribution in [3.63, 3.8) is 0 Å². The molecule has 2 amide bonds. The Bertz CT molecular complexity index is 602. The molecule has 0 radical (unpaired) electrons. The topological polar surface area (TPSA) is 71.5 Å². The third-order valence-corrected chi connectivity index (χ3v) is 5.62. The number of aromatic nitrogens is 1. The lowest BCUT2D eigenvalue weighted by Crippen LogP contribution is -2.36. The molecule has 142 valence electrons. The molecule has 6 heteroatoms. The van der Waals surface area contributed by atoms with Crippen LogP contribution in [-0.2, 0) is 14.3 Å². The zero-order chi connectivity index (χ0) is 18.4. The average Bonchev–Trinajstić information content (AvgIpc) is 3.12. The van der Waals surface area contributed by atoms with Gasteiger partial charge in [0.2, 0.25) is 11.8 Å². The van der Waals surface area contributed by atoms with Crippen LogP contribution in [0.2, 0.25) is 0 Å². The van der Waals surface area contributed by atoms with Crippen molar-refractivity contribution in [2.75, 3.05) is 33.4 Å². The van der Waals surface area contributed by atoms with Crippen molar-refractivity contribution >= 4 is 11.8 Å². The van der Waals surface area contributed by atoms with Gasteiger partial charge in [-0.2, -0.15) is 0 Å². The molecule has 26 heavy (non-hydrogen) atoms. The van der Waals surface area contributed by atoms with Gasteiger partial charge in [-0.3, -0.25) is 14.6 Å². The van der Waals surface area contributed by atoms with Gasteiger partial charge >= 0.3 is 0 Å². The van der Waals surface area contributed by atoms with Crippen LogP contribution in [0.25, 0.3) is 0 Å². The summed E-state index contributed by atoms with van der Waals surface area (Å²) in [5.74, 6) is 0.668. The maximum absolute atomic E-state index is 13.0. The molecular weight excluding hydrogens is 330 g/mol. The third kappa shape index (κ3) is 4.61. The Kier molecular flexibility index (Phi) is 6.61. The number of likely N-dealkylation sites (tertiary alicyclic amines) is 1. The summed E-state index contributed by atoms with van der Waals surface area (Å²) in [6, 6.07) is 5.90. The van der Waals surface area contributed by atoms with Crippen molar-refractivity contribution in [3.05, 3.63) is 30.1 Å². The lowest BCUT2D eigenvalue weighted by Gasteiger charge is -2.26. The fourth-order valence-electron chi connectivity index (χ4n) is 4.13. The van der Waals surface area contributed by atoms with Crippen LogP contribution in [0, 0.1) is 11.8 Å². The zero-order valence-electron chi connectivity index (χ0n) is 15.5. The fourth-order valence-corrected chi connectivity index (χ4v) is 4.13. The van der Waals surface area contributed by atoms with Crippen molar-refractivity contribution < 1.29 is 14.3 Å². The van der Waals surface area contributed by atoms with Crippen LogP contribution in [0.5, 0.6) is 0 Å². The van der Waals surface area contributed by atoms with E-state index in [0.717, 1.165) is 31.4 Å². The molecule has 2 aliphatic rings. The number of pyridine rings is 1. The first-order valence-corrected chi connectivity index (χ1v) is 9.67. The number of hydrogen-bond acceptors (Lipinski definition) is 4. The highest BCUT2D eigenvalue weighted by atomic mass is 16.5. The average molecular weight is 359 g/mol. The smallest absolute Gasteiger partial charge is 0.245 e. The number of nitrogens with zero attached hydrogens (tertiary/aromatic N) is 2. The zero-order valence-corrected chi connectivity index (χ0v) is 15.5. The van der Waals surface area contributed by atoms with Crippen molar-refractivity contribution in [1.82, 2.24) is 15.2 Å². The lowest BCUT2D eigenvalue weighted by atomic mass is 9.88. The van der Waals surface area contributed by atoms with Gasteiger partial charge in [0.25, 0.3) is 0 Å². The number of ether oxygens (including phenoxy) is 1. The molecule has 0 unspecified atom stereocenters. The monoisotopic (exact) mass is 359 g/mol. The number of carbonyl (C=O) groups is 2. The molecule has 2 fully saturated rings. The highest BCUT2D eigenvalue weighted by molar-refractivity contribution is 5.79. The lowest BCUT2D eigenvalue weighted by molar-refractivity contribution is -0.136. The second kappa shape index (κ2) is 9.12. The summed E-state index contributed by atoms with van der Waals surface area (Å²) < 4.78 is 5.62. The van der Waals surface area contributed by atoms with E-state index in [9.17, 15) is 9.59 Å². The molecule has 2 atom stereocenters. The largest absolute Gasteiger partial charge is 0.371 e. The van der Waals surface area contributed by atoms with Crippen molar-refractivity contribution in [3.8, 4) is 0 Å². The van der Waals surface area contributed by atoms with Gasteiger partial charge in [-0.15, -0.1) is 0 Å². The summed E-state index contributed by atoms with van der Waals surface area (Å²) in [5.41, 5.74) is 1.000. The maximum Gasteiger partial charge on any atom is 0.245 e. The molecule has 2 heterocycles. The molecule has 6 nitrogen and oxygen atoms in total. The fraction of sp³-hybridized carbons (Fsp3) is 0.650. The number of rotatable bonds is 6. The van der Waals surface area contributed by atoms with Crippen LogP contribution in [-0.4, -0.2) is 55.0 Å². The molecule has 1 aromatic rings. The van der Waals surface area contributed by atoms with Crippen LogP contribution in [0.3, 0.4) is 0 Å². The number of amides is 2. The van der Waals surface area contributed by atoms with Crippen LogP contribution in [0.4, 0.5) is 0 Å². The standard InChI is InChI=1S/C20H29N3O3/c1-21-19(24)14-26-13-16-11-23(20(25)15-7-3-2-4-8-15)12-17(16)18-9-5-6-10-22-18/h5-6,9-10,15-17H,2-4,7-8,11-14H2,1H3,(H,21,24)/t16-,17+/m0/s1. The Morgan fingerprint density at radius 1 is 1.23 bits per heavy atom. The summed E-state index contributed by atoms with van der Waals surface area (Å²) in [4.78, 5) is 30.9. The van der Waals surface area contributed by atoms with Gasteiger partial charge < -0.3 is 15.0 Å². The molecule has 1 aliphatic heterocycles. The number of nitrogens with one attached hydrogen (secondary N) is 1. The van der Waals surface area contributed by atoms with E-state index in [1.165, 1.54) is 6.42 Å². The number of carbonyl (C=O) groups excluding carboxylic acids is 2. The van der Waals surface area contributed by atoms with Gasteiger partial charge in [0, 0.05) is 49.8 Å². The molecule has 3 rings (SSSR count). The van der Waals surface area contributed by atoms with Crippen LogP contribution in [0.1, 0.15) is 43.7 Å². The second-order valence-electron chi connectivity index (χ2n) is 7.39. The third-order valence-electron chi connectivity index (χ3n) is 5.62. The normalized spacial score (nSPS) is 23.8. The first-order chi connectivity index (χ1) is 12.7. The van der Waals surface area contributed by atoms with E-state index >= 15 is 0 Å². The Balaban J connectivity index is 1.66. The van der Waals surface area contributed by atoms with Gasteiger partial charge in [-0.1, -0.05) is 25.3 Å². The van der Waals surface area contributed by atoms with Crippen LogP contribution < -0.4 is 5.32 Å². The summed E-state index contributed by atoms with van der Waals surface area (Å²) in [7, 11) is 1.60. The molecular formula is C20H29N3O3. The van der Waals surface area contributed by atoms with Crippen molar-refractivity contribution in [2.45, 2.75) is 38.0 Å². The van der Waals surface area contributed by atoms with Crippen LogP contribution in [0.15, 0.2) is 24.4 Å². The van der Waals surface area contributed by atoms with Crippen LogP contribution >= 0.6 is 0 Å². The first-order valence-electron chi connectivity index (χ1n) is 9.67. The van der Waals surface area contributed by atoms with E-state index < -0.39 is 0 Å². The first kappa shape index (κ1) is 18.8. The summed E-state index contributed by atoms with van der Waals surface area (Å²) in [6.45, 7) is 1.90. The highest BCUT2D eigenvalue weighted by Gasteiger charge is 2.39. The molecule has 1 saturated heterocycles. The van der Waals surface area contributed by atoms with E-state index in [2.05, 4.69) is 10.3 Å². The molecule has 1 N–H and O–H groups in total. The Labute approximate surface area is 155 Å². The minimum absolute atomic E-state index is 0.0541. The minimum Gasteiger partial charge on any atom is -0.371 e. The van der Waals surface area contributed by atoms with Gasteiger partial charge in [0.1, 0.15) is 6.61 Å². The second-order valence-corrected chi connectivity index (χ2v) is 7.39. The van der Waals surface area contributed by atoms with E-state index in [1.54, 1.807) is 13.2 Å². The van der Waals surface area contributed by atoms with Gasteiger partial charge in [0.15, 0.2) is 0 Å². The van der Waals surface area contributed by atoms with E-state index in [1.807, 2.05) is 23.1 Å². The van der Waals surface area contributed by atoms with Gasteiger partial charge in [-0.05, 0) is 25.0 Å². The molecule has 0 bridgehead atoms. The molecule has 1 saturated carbocycles.